The van der Waals surface area contributed by atoms with Crippen LogP contribution in [-0.2, 0) is 20.9 Å². The van der Waals surface area contributed by atoms with E-state index in [1.807, 2.05) is 31.2 Å². The molecular formula is C25H29NO5. The normalized spacial score (nSPS) is 31.1. The molecule has 4 bridgehead atoms. The molecule has 6 heteroatoms. The molecule has 4 aliphatic carbocycles. The van der Waals surface area contributed by atoms with Gasteiger partial charge in [-0.25, -0.2) is 9.78 Å². The Morgan fingerprint density at radius 3 is 2.52 bits per heavy atom. The van der Waals surface area contributed by atoms with Crippen molar-refractivity contribution in [1.82, 2.24) is 4.98 Å². The summed E-state index contributed by atoms with van der Waals surface area (Å²) < 4.78 is 11.1. The third-order valence-corrected chi connectivity index (χ3v) is 7.51. The molecule has 1 N–H and O–H groups in total. The standard InChI is InChI=1S/C25H29NO5/c1-3-30-22(27)21-15(2)18-6-4-5-7-19(18)26-20(21)13-31-23(28)24-9-16-8-17(10-24)12-25(29,11-16)14-24/h4-7,16-17,29H,3,8-14H2,1-2H3/t16-,17-,24?,25?/m1/s1. The molecule has 0 aliphatic heterocycles. The summed E-state index contributed by atoms with van der Waals surface area (Å²) in [5, 5.41) is 11.8. The zero-order chi connectivity index (χ0) is 21.8. The number of aliphatic hydroxyl groups is 1. The number of rotatable bonds is 5. The maximum atomic E-state index is 13.3. The van der Waals surface area contributed by atoms with Crippen LogP contribution >= 0.6 is 0 Å². The van der Waals surface area contributed by atoms with Crippen molar-refractivity contribution in [1.29, 1.82) is 0 Å². The molecule has 1 heterocycles. The monoisotopic (exact) mass is 423 g/mol. The summed E-state index contributed by atoms with van der Waals surface area (Å²) in [5.41, 5.74) is 0.998. The minimum atomic E-state index is -0.725. The van der Waals surface area contributed by atoms with Gasteiger partial charge in [-0.2, -0.15) is 0 Å². The highest BCUT2D eigenvalue weighted by molar-refractivity contribution is 5.98. The molecule has 4 aliphatic rings. The molecule has 6 rings (SSSR count). The smallest absolute Gasteiger partial charge is 0.340 e. The second-order valence-electron chi connectivity index (χ2n) is 9.84. The first-order valence-electron chi connectivity index (χ1n) is 11.3. The Morgan fingerprint density at radius 1 is 1.13 bits per heavy atom. The van der Waals surface area contributed by atoms with E-state index in [4.69, 9.17) is 9.47 Å². The molecule has 4 saturated carbocycles. The Balaban J connectivity index is 1.43. The minimum Gasteiger partial charge on any atom is -0.462 e. The van der Waals surface area contributed by atoms with Crippen LogP contribution < -0.4 is 0 Å². The first-order chi connectivity index (χ1) is 14.8. The molecule has 0 radical (unpaired) electrons. The molecular weight excluding hydrogens is 394 g/mol. The third-order valence-electron chi connectivity index (χ3n) is 7.51. The molecule has 1 aromatic heterocycles. The molecule has 31 heavy (non-hydrogen) atoms. The number of esters is 2. The molecule has 0 saturated heterocycles. The number of hydrogen-bond donors (Lipinski definition) is 1. The summed E-state index contributed by atoms with van der Waals surface area (Å²) >= 11 is 0. The molecule has 164 valence electrons. The van der Waals surface area contributed by atoms with Crippen LogP contribution in [0.15, 0.2) is 24.3 Å². The molecule has 0 unspecified atom stereocenters. The highest BCUT2D eigenvalue weighted by Gasteiger charge is 2.60. The second kappa shape index (κ2) is 7.30. The molecule has 6 nitrogen and oxygen atoms in total. The summed E-state index contributed by atoms with van der Waals surface area (Å²) in [6.07, 6.45) is 4.78. The van der Waals surface area contributed by atoms with Crippen LogP contribution in [0.4, 0.5) is 0 Å². The maximum Gasteiger partial charge on any atom is 0.340 e. The van der Waals surface area contributed by atoms with Gasteiger partial charge in [-0.3, -0.25) is 4.79 Å². The van der Waals surface area contributed by atoms with Crippen molar-refractivity contribution < 1.29 is 24.2 Å². The van der Waals surface area contributed by atoms with Gasteiger partial charge < -0.3 is 14.6 Å². The maximum absolute atomic E-state index is 13.3. The largest absolute Gasteiger partial charge is 0.462 e. The van der Waals surface area contributed by atoms with Gasteiger partial charge in [-0.05, 0) is 75.8 Å². The van der Waals surface area contributed by atoms with Gasteiger partial charge in [0.15, 0.2) is 0 Å². The van der Waals surface area contributed by atoms with E-state index in [-0.39, 0.29) is 19.2 Å². The Morgan fingerprint density at radius 2 is 1.84 bits per heavy atom. The van der Waals surface area contributed by atoms with Crippen molar-refractivity contribution in [2.45, 2.75) is 64.6 Å². The van der Waals surface area contributed by atoms with Crippen molar-refractivity contribution in [3.05, 3.63) is 41.1 Å². The predicted octanol–water partition coefficient (Wildman–Crippen LogP) is 4.09. The van der Waals surface area contributed by atoms with E-state index in [0.717, 1.165) is 48.6 Å². The van der Waals surface area contributed by atoms with E-state index in [1.54, 1.807) is 6.92 Å². The highest BCUT2D eigenvalue weighted by atomic mass is 16.5. The van der Waals surface area contributed by atoms with Crippen molar-refractivity contribution in [3.8, 4) is 0 Å². The number of para-hydroxylation sites is 1. The van der Waals surface area contributed by atoms with E-state index < -0.39 is 17.0 Å². The van der Waals surface area contributed by atoms with E-state index in [0.29, 0.717) is 29.5 Å². The lowest BCUT2D eigenvalue weighted by Crippen LogP contribution is -2.58. The van der Waals surface area contributed by atoms with Gasteiger partial charge in [-0.15, -0.1) is 0 Å². The average Bonchev–Trinajstić information content (AvgIpc) is 2.70. The first kappa shape index (κ1) is 20.4. The van der Waals surface area contributed by atoms with E-state index in [9.17, 15) is 14.7 Å². The number of carbonyl (C=O) groups is 2. The number of carbonyl (C=O) groups excluding carboxylic acids is 2. The molecule has 0 amide bonds. The van der Waals surface area contributed by atoms with Crippen LogP contribution in [0.5, 0.6) is 0 Å². The van der Waals surface area contributed by atoms with Crippen LogP contribution in [-0.4, -0.2) is 34.2 Å². The Kier molecular flexibility index (Phi) is 4.81. The number of nitrogens with zero attached hydrogens (tertiary/aromatic N) is 1. The lowest BCUT2D eigenvalue weighted by Gasteiger charge is -2.58. The van der Waals surface area contributed by atoms with Crippen LogP contribution in [0.2, 0.25) is 0 Å². The van der Waals surface area contributed by atoms with Gasteiger partial charge in [-0.1, -0.05) is 18.2 Å². The number of hydrogen-bond acceptors (Lipinski definition) is 6. The van der Waals surface area contributed by atoms with Gasteiger partial charge in [0.1, 0.15) is 6.61 Å². The van der Waals surface area contributed by atoms with E-state index in [2.05, 4.69) is 4.98 Å². The van der Waals surface area contributed by atoms with Crippen molar-refractivity contribution in [2.75, 3.05) is 6.61 Å². The number of aryl methyl sites for hydroxylation is 1. The Labute approximate surface area is 181 Å². The molecule has 4 fully saturated rings. The van der Waals surface area contributed by atoms with Crippen LogP contribution in [0, 0.1) is 24.2 Å². The van der Waals surface area contributed by atoms with Crippen molar-refractivity contribution in [3.63, 3.8) is 0 Å². The summed E-state index contributed by atoms with van der Waals surface area (Å²) in [7, 11) is 0. The Bertz CT molecular complexity index is 1050. The van der Waals surface area contributed by atoms with Crippen molar-refractivity contribution >= 4 is 22.8 Å². The van der Waals surface area contributed by atoms with Crippen LogP contribution in [0.1, 0.15) is 67.1 Å². The fraction of sp³-hybridized carbons (Fsp3) is 0.560. The number of benzene rings is 1. The topological polar surface area (TPSA) is 85.7 Å². The van der Waals surface area contributed by atoms with Gasteiger partial charge in [0.2, 0.25) is 0 Å². The zero-order valence-corrected chi connectivity index (χ0v) is 18.1. The van der Waals surface area contributed by atoms with E-state index >= 15 is 0 Å². The second-order valence-corrected chi connectivity index (χ2v) is 9.84. The zero-order valence-electron chi connectivity index (χ0n) is 18.1. The highest BCUT2D eigenvalue weighted by Crippen LogP contribution is 2.62. The van der Waals surface area contributed by atoms with Gasteiger partial charge in [0.05, 0.1) is 34.4 Å². The molecule has 1 aromatic carbocycles. The molecule has 0 spiro atoms. The van der Waals surface area contributed by atoms with Crippen LogP contribution in [0.25, 0.3) is 10.9 Å². The summed E-state index contributed by atoms with van der Waals surface area (Å²) in [4.78, 5) is 30.6. The van der Waals surface area contributed by atoms with E-state index in [1.165, 1.54) is 0 Å². The van der Waals surface area contributed by atoms with Gasteiger partial charge >= 0.3 is 11.9 Å². The number of aromatic nitrogens is 1. The summed E-state index contributed by atoms with van der Waals surface area (Å²) in [5.74, 6) is 0.0840. The SMILES string of the molecule is CCOC(=O)c1c(COC(=O)C23C[C@H]4C[C@@H](CC(O)(C4)C2)C3)nc2ccccc2c1C. The number of fused-ring (bicyclic) bond motifs is 1. The molecule has 2 atom stereocenters. The lowest BCUT2D eigenvalue weighted by molar-refractivity contribution is -0.197. The van der Waals surface area contributed by atoms with Crippen LogP contribution in [0.3, 0.4) is 0 Å². The van der Waals surface area contributed by atoms with Gasteiger partial charge in [0.25, 0.3) is 0 Å². The van der Waals surface area contributed by atoms with Crippen molar-refractivity contribution in [2.24, 2.45) is 17.3 Å². The number of ether oxygens (including phenoxy) is 2. The third kappa shape index (κ3) is 3.41. The Hall–Kier alpha value is -2.47. The summed E-state index contributed by atoms with van der Waals surface area (Å²) in [6.45, 7) is 3.82. The first-order valence-corrected chi connectivity index (χ1v) is 11.3. The molecule has 2 aromatic rings. The fourth-order valence-electron chi connectivity index (χ4n) is 6.76. The predicted molar refractivity (Wildman–Crippen MR) is 114 cm³/mol. The number of pyridine rings is 1. The lowest BCUT2D eigenvalue weighted by atomic mass is 9.48. The fourth-order valence-corrected chi connectivity index (χ4v) is 6.76. The van der Waals surface area contributed by atoms with Gasteiger partial charge in [0, 0.05) is 5.39 Å². The summed E-state index contributed by atoms with van der Waals surface area (Å²) in [6, 6.07) is 7.61. The average molecular weight is 424 g/mol. The quantitative estimate of drug-likeness (QED) is 0.729. The minimum absolute atomic E-state index is 0.0752.